The van der Waals surface area contributed by atoms with Gasteiger partial charge in [0.25, 0.3) is 10.2 Å². The van der Waals surface area contributed by atoms with Crippen molar-refractivity contribution in [1.82, 2.24) is 9.03 Å². The highest BCUT2D eigenvalue weighted by Crippen LogP contribution is 2.24. The maximum Gasteiger partial charge on any atom is 0.279 e. The summed E-state index contributed by atoms with van der Waals surface area (Å²) < 4.78 is 27.3. The molecule has 0 aromatic heterocycles. The predicted octanol–water partition coefficient (Wildman–Crippen LogP) is 0.324. The van der Waals surface area contributed by atoms with Crippen LogP contribution in [0.5, 0.6) is 0 Å². The van der Waals surface area contributed by atoms with Crippen molar-refractivity contribution >= 4 is 10.2 Å². The number of rotatable bonds is 6. The van der Waals surface area contributed by atoms with Gasteiger partial charge in [0.1, 0.15) is 0 Å². The zero-order valence-corrected chi connectivity index (χ0v) is 10.8. The van der Waals surface area contributed by atoms with Gasteiger partial charge >= 0.3 is 0 Å². The molecule has 1 aliphatic carbocycles. The van der Waals surface area contributed by atoms with Gasteiger partial charge in [0.05, 0.1) is 6.10 Å². The van der Waals surface area contributed by atoms with Crippen LogP contribution in [0.25, 0.3) is 0 Å². The van der Waals surface area contributed by atoms with E-state index < -0.39 is 10.2 Å². The average molecular weight is 250 g/mol. The third kappa shape index (κ3) is 3.69. The van der Waals surface area contributed by atoms with Gasteiger partial charge in [0, 0.05) is 20.1 Å². The van der Waals surface area contributed by atoms with E-state index in [1.54, 1.807) is 7.05 Å². The maximum absolute atomic E-state index is 11.7. The molecule has 0 amide bonds. The number of nitrogens with zero attached hydrogens (tertiary/aromatic N) is 1. The van der Waals surface area contributed by atoms with Crippen molar-refractivity contribution in [3.05, 3.63) is 0 Å². The van der Waals surface area contributed by atoms with E-state index in [1.807, 2.05) is 6.92 Å². The topological polar surface area (TPSA) is 69.6 Å². The minimum absolute atomic E-state index is 0.0739. The Balaban J connectivity index is 2.41. The lowest BCUT2D eigenvalue weighted by atomic mass is 10.1. The third-order valence-electron chi connectivity index (χ3n) is 3.10. The molecule has 5 nitrogen and oxygen atoms in total. The minimum Gasteiger partial charge on any atom is -0.393 e. The van der Waals surface area contributed by atoms with E-state index in [2.05, 4.69) is 4.72 Å². The number of aliphatic hydroxyl groups is 1. The van der Waals surface area contributed by atoms with Gasteiger partial charge in [-0.3, -0.25) is 0 Å². The number of aliphatic hydroxyl groups excluding tert-OH is 1. The Labute approximate surface area is 98.0 Å². The normalized spacial score (nSPS) is 26.5. The Hall–Kier alpha value is -0.170. The highest BCUT2D eigenvalue weighted by atomic mass is 32.2. The number of hydrogen-bond donors (Lipinski definition) is 2. The minimum atomic E-state index is -3.36. The van der Waals surface area contributed by atoms with Crippen molar-refractivity contribution in [1.29, 1.82) is 0 Å². The summed E-state index contributed by atoms with van der Waals surface area (Å²) in [6.45, 7) is 2.80. The first-order valence-corrected chi connectivity index (χ1v) is 7.30. The Bertz CT molecular complexity index is 305. The molecule has 0 radical (unpaired) electrons. The number of nitrogens with one attached hydrogen (secondary N) is 1. The molecule has 0 spiro atoms. The molecule has 0 aromatic carbocycles. The fourth-order valence-electron chi connectivity index (χ4n) is 2.01. The molecular weight excluding hydrogens is 228 g/mol. The highest BCUT2D eigenvalue weighted by molar-refractivity contribution is 7.87. The van der Waals surface area contributed by atoms with E-state index in [0.29, 0.717) is 13.1 Å². The first-order chi connectivity index (χ1) is 7.47. The van der Waals surface area contributed by atoms with Gasteiger partial charge in [-0.25, -0.2) is 4.72 Å². The molecule has 0 aliphatic heterocycles. The Morgan fingerprint density at radius 2 is 2.12 bits per heavy atom. The molecule has 1 aliphatic rings. The molecule has 2 atom stereocenters. The lowest BCUT2D eigenvalue weighted by Gasteiger charge is -2.20. The molecule has 1 rings (SSSR count). The molecule has 0 aromatic rings. The molecule has 0 unspecified atom stereocenters. The summed E-state index contributed by atoms with van der Waals surface area (Å²) in [4.78, 5) is 0. The molecule has 0 heterocycles. The monoisotopic (exact) mass is 250 g/mol. The molecule has 1 saturated carbocycles. The predicted molar refractivity (Wildman–Crippen MR) is 63.2 cm³/mol. The second kappa shape index (κ2) is 5.95. The van der Waals surface area contributed by atoms with Gasteiger partial charge < -0.3 is 5.11 Å². The zero-order chi connectivity index (χ0) is 12.2. The molecule has 16 heavy (non-hydrogen) atoms. The van der Waals surface area contributed by atoms with Gasteiger partial charge in [-0.2, -0.15) is 12.7 Å². The van der Waals surface area contributed by atoms with Crippen LogP contribution in [0.15, 0.2) is 0 Å². The summed E-state index contributed by atoms with van der Waals surface area (Å²) in [5.41, 5.74) is 0. The molecule has 96 valence electrons. The van der Waals surface area contributed by atoms with Gasteiger partial charge in [0.2, 0.25) is 0 Å². The van der Waals surface area contributed by atoms with Crippen molar-refractivity contribution in [3.63, 3.8) is 0 Å². The SMILES string of the molecule is CCCN(C)S(=O)(=O)NC[C@@H]1CCC[C@H]1O. The van der Waals surface area contributed by atoms with E-state index in [1.165, 1.54) is 4.31 Å². The van der Waals surface area contributed by atoms with E-state index in [0.717, 1.165) is 25.7 Å². The first kappa shape index (κ1) is 13.9. The quantitative estimate of drug-likeness (QED) is 0.713. The van der Waals surface area contributed by atoms with Crippen LogP contribution >= 0.6 is 0 Å². The third-order valence-corrected chi connectivity index (χ3v) is 4.63. The van der Waals surface area contributed by atoms with Crippen LogP contribution in [-0.2, 0) is 10.2 Å². The highest BCUT2D eigenvalue weighted by Gasteiger charge is 2.27. The van der Waals surface area contributed by atoms with Gasteiger partial charge in [-0.1, -0.05) is 13.3 Å². The fourth-order valence-corrected chi connectivity index (χ4v) is 3.08. The van der Waals surface area contributed by atoms with Gasteiger partial charge in [0.15, 0.2) is 0 Å². The van der Waals surface area contributed by atoms with E-state index in [4.69, 9.17) is 0 Å². The fraction of sp³-hybridized carbons (Fsp3) is 1.00. The Morgan fingerprint density at radius 1 is 1.44 bits per heavy atom. The van der Waals surface area contributed by atoms with Crippen LogP contribution < -0.4 is 4.72 Å². The zero-order valence-electron chi connectivity index (χ0n) is 10.0. The summed E-state index contributed by atoms with van der Waals surface area (Å²) in [6, 6.07) is 0. The molecule has 2 N–H and O–H groups in total. The van der Waals surface area contributed by atoms with Crippen LogP contribution in [0, 0.1) is 5.92 Å². The lowest BCUT2D eigenvalue weighted by Crippen LogP contribution is -2.41. The van der Waals surface area contributed by atoms with E-state index in [-0.39, 0.29) is 12.0 Å². The van der Waals surface area contributed by atoms with E-state index >= 15 is 0 Å². The van der Waals surface area contributed by atoms with Crippen LogP contribution in [0.1, 0.15) is 32.6 Å². The molecule has 1 fully saturated rings. The standard InChI is InChI=1S/C10H22N2O3S/c1-3-7-12(2)16(14,15)11-8-9-5-4-6-10(9)13/h9-11,13H,3-8H2,1-2H3/t9-,10+/m0/s1. The summed E-state index contributed by atoms with van der Waals surface area (Å²) in [7, 11) is -1.79. The summed E-state index contributed by atoms with van der Waals surface area (Å²) in [5, 5.41) is 9.58. The van der Waals surface area contributed by atoms with Crippen LogP contribution in [0.2, 0.25) is 0 Å². The molecule has 0 saturated heterocycles. The maximum atomic E-state index is 11.7. The Morgan fingerprint density at radius 3 is 2.62 bits per heavy atom. The van der Waals surface area contributed by atoms with Crippen molar-refractivity contribution in [2.24, 2.45) is 5.92 Å². The molecular formula is C10H22N2O3S. The van der Waals surface area contributed by atoms with Crippen molar-refractivity contribution in [2.75, 3.05) is 20.1 Å². The Kier molecular flexibility index (Phi) is 5.17. The van der Waals surface area contributed by atoms with Crippen molar-refractivity contribution < 1.29 is 13.5 Å². The second-order valence-electron chi connectivity index (χ2n) is 4.43. The molecule has 0 bridgehead atoms. The molecule has 6 heteroatoms. The summed E-state index contributed by atoms with van der Waals surface area (Å²) in [5.74, 6) is 0.0739. The summed E-state index contributed by atoms with van der Waals surface area (Å²) >= 11 is 0. The number of hydrogen-bond acceptors (Lipinski definition) is 3. The van der Waals surface area contributed by atoms with Crippen LogP contribution in [-0.4, -0.2) is 44.1 Å². The van der Waals surface area contributed by atoms with Crippen LogP contribution in [0.3, 0.4) is 0 Å². The summed E-state index contributed by atoms with van der Waals surface area (Å²) in [6.07, 6.45) is 3.12. The van der Waals surface area contributed by atoms with Crippen molar-refractivity contribution in [2.45, 2.75) is 38.7 Å². The second-order valence-corrected chi connectivity index (χ2v) is 6.30. The lowest BCUT2D eigenvalue weighted by molar-refractivity contribution is 0.134. The van der Waals surface area contributed by atoms with Gasteiger partial charge in [-0.15, -0.1) is 0 Å². The van der Waals surface area contributed by atoms with Crippen LogP contribution in [0.4, 0.5) is 0 Å². The smallest absolute Gasteiger partial charge is 0.279 e. The average Bonchev–Trinajstić information content (AvgIpc) is 2.61. The van der Waals surface area contributed by atoms with Crippen molar-refractivity contribution in [3.8, 4) is 0 Å². The van der Waals surface area contributed by atoms with E-state index in [9.17, 15) is 13.5 Å². The van der Waals surface area contributed by atoms with Gasteiger partial charge in [-0.05, 0) is 25.2 Å². The largest absolute Gasteiger partial charge is 0.393 e. The first-order valence-electron chi connectivity index (χ1n) is 5.86.